The molecule has 0 heterocycles. The molecule has 2 amide bonds. The lowest BCUT2D eigenvalue weighted by atomic mass is 9.49. The molecule has 0 radical (unpaired) electrons. The molecule has 6 nitrogen and oxygen atoms in total. The van der Waals surface area contributed by atoms with E-state index in [1.165, 1.54) is 19.3 Å². The number of nitrogens with zero attached hydrogens (tertiary/aromatic N) is 1. The van der Waals surface area contributed by atoms with Crippen LogP contribution in [0.5, 0.6) is 5.75 Å². The quantitative estimate of drug-likeness (QED) is 0.561. The SMILES string of the molecule is CCOc1ccccc1C=NNC(=O)CNC(=O)C12CC3CC(CC(C3)C1)C2. The van der Waals surface area contributed by atoms with Gasteiger partial charge in [-0.3, -0.25) is 9.59 Å². The van der Waals surface area contributed by atoms with E-state index in [1.807, 2.05) is 31.2 Å². The predicted molar refractivity (Wildman–Crippen MR) is 107 cm³/mol. The van der Waals surface area contributed by atoms with Crippen LogP contribution in [0, 0.1) is 23.2 Å². The zero-order chi connectivity index (χ0) is 19.6. The van der Waals surface area contributed by atoms with E-state index < -0.39 is 0 Å². The minimum atomic E-state index is -0.316. The van der Waals surface area contributed by atoms with E-state index in [2.05, 4.69) is 15.8 Å². The predicted octanol–water partition coefficient (Wildman–Crippen LogP) is 2.87. The minimum Gasteiger partial charge on any atom is -0.493 e. The van der Waals surface area contributed by atoms with E-state index >= 15 is 0 Å². The van der Waals surface area contributed by atoms with E-state index in [4.69, 9.17) is 4.74 Å². The van der Waals surface area contributed by atoms with Crippen molar-refractivity contribution in [3.63, 3.8) is 0 Å². The van der Waals surface area contributed by atoms with Gasteiger partial charge < -0.3 is 10.1 Å². The molecular formula is C22H29N3O3. The van der Waals surface area contributed by atoms with Crippen molar-refractivity contribution in [3.8, 4) is 5.75 Å². The second-order valence-electron chi connectivity index (χ2n) is 8.64. The zero-order valence-electron chi connectivity index (χ0n) is 16.4. The topological polar surface area (TPSA) is 79.8 Å². The molecule has 4 saturated carbocycles. The van der Waals surface area contributed by atoms with Crippen LogP contribution in [0.1, 0.15) is 51.0 Å². The summed E-state index contributed by atoms with van der Waals surface area (Å²) in [6.07, 6.45) is 8.45. The molecule has 28 heavy (non-hydrogen) atoms. The molecule has 0 aromatic heterocycles. The Morgan fingerprint density at radius 2 is 1.79 bits per heavy atom. The summed E-state index contributed by atoms with van der Waals surface area (Å²) < 4.78 is 5.53. The Morgan fingerprint density at radius 1 is 1.14 bits per heavy atom. The van der Waals surface area contributed by atoms with Gasteiger partial charge in [-0.05, 0) is 75.3 Å². The Hall–Kier alpha value is -2.37. The summed E-state index contributed by atoms with van der Waals surface area (Å²) in [4.78, 5) is 25.0. The minimum absolute atomic E-state index is 0.0367. The first-order valence-electron chi connectivity index (χ1n) is 10.4. The number of hydrazone groups is 1. The Balaban J connectivity index is 1.28. The van der Waals surface area contributed by atoms with Crippen LogP contribution in [-0.2, 0) is 9.59 Å². The smallest absolute Gasteiger partial charge is 0.259 e. The highest BCUT2D eigenvalue weighted by molar-refractivity contribution is 5.89. The molecule has 0 saturated heterocycles. The Labute approximate surface area is 166 Å². The molecule has 1 aromatic carbocycles. The van der Waals surface area contributed by atoms with Gasteiger partial charge in [-0.15, -0.1) is 0 Å². The second-order valence-corrected chi connectivity index (χ2v) is 8.64. The lowest BCUT2D eigenvalue weighted by Crippen LogP contribution is -2.54. The van der Waals surface area contributed by atoms with E-state index in [-0.39, 0.29) is 23.8 Å². The number of nitrogens with one attached hydrogen (secondary N) is 2. The molecular weight excluding hydrogens is 354 g/mol. The van der Waals surface area contributed by atoms with Crippen molar-refractivity contribution in [2.24, 2.45) is 28.3 Å². The number of rotatable bonds is 7. The Bertz CT molecular complexity index is 739. The molecule has 5 rings (SSSR count). The number of carbonyl (C=O) groups excluding carboxylic acids is 2. The third-order valence-corrected chi connectivity index (χ3v) is 6.54. The van der Waals surface area contributed by atoms with Crippen LogP contribution in [0.25, 0.3) is 0 Å². The van der Waals surface area contributed by atoms with Gasteiger partial charge in [0.2, 0.25) is 5.91 Å². The van der Waals surface area contributed by atoms with Crippen LogP contribution in [0.15, 0.2) is 29.4 Å². The molecule has 4 aliphatic rings. The van der Waals surface area contributed by atoms with Gasteiger partial charge in [-0.2, -0.15) is 5.10 Å². The monoisotopic (exact) mass is 383 g/mol. The van der Waals surface area contributed by atoms with Crippen molar-refractivity contribution in [1.82, 2.24) is 10.7 Å². The maximum absolute atomic E-state index is 12.9. The number of para-hydroxylation sites is 1. The molecule has 4 fully saturated rings. The zero-order valence-corrected chi connectivity index (χ0v) is 16.4. The van der Waals surface area contributed by atoms with E-state index in [9.17, 15) is 9.59 Å². The van der Waals surface area contributed by atoms with E-state index in [0.29, 0.717) is 24.4 Å². The number of carbonyl (C=O) groups is 2. The van der Waals surface area contributed by atoms with Gasteiger partial charge >= 0.3 is 0 Å². The fourth-order valence-electron chi connectivity index (χ4n) is 5.82. The maximum Gasteiger partial charge on any atom is 0.259 e. The van der Waals surface area contributed by atoms with Gasteiger partial charge in [-0.25, -0.2) is 5.43 Å². The van der Waals surface area contributed by atoms with Crippen molar-refractivity contribution < 1.29 is 14.3 Å². The number of ether oxygens (including phenoxy) is 1. The average Bonchev–Trinajstić information content (AvgIpc) is 2.66. The van der Waals surface area contributed by atoms with Crippen molar-refractivity contribution in [3.05, 3.63) is 29.8 Å². The summed E-state index contributed by atoms with van der Waals surface area (Å²) in [5, 5.41) is 6.87. The third-order valence-electron chi connectivity index (χ3n) is 6.54. The van der Waals surface area contributed by atoms with Crippen LogP contribution < -0.4 is 15.5 Å². The first kappa shape index (κ1) is 19.0. The number of hydrogen-bond donors (Lipinski definition) is 2. The molecule has 6 heteroatoms. The van der Waals surface area contributed by atoms with Gasteiger partial charge in [0.1, 0.15) is 5.75 Å². The van der Waals surface area contributed by atoms with Gasteiger partial charge in [0, 0.05) is 11.0 Å². The summed E-state index contributed by atoms with van der Waals surface area (Å²) in [6, 6.07) is 7.51. The summed E-state index contributed by atoms with van der Waals surface area (Å²) >= 11 is 0. The largest absolute Gasteiger partial charge is 0.493 e. The summed E-state index contributed by atoms with van der Waals surface area (Å²) in [6.45, 7) is 2.45. The summed E-state index contributed by atoms with van der Waals surface area (Å²) in [5.74, 6) is 2.59. The number of benzene rings is 1. The van der Waals surface area contributed by atoms with Crippen molar-refractivity contribution in [2.45, 2.75) is 45.4 Å². The molecule has 4 aliphatic carbocycles. The van der Waals surface area contributed by atoms with Crippen molar-refractivity contribution in [2.75, 3.05) is 13.2 Å². The van der Waals surface area contributed by atoms with Crippen LogP contribution in [0.4, 0.5) is 0 Å². The summed E-state index contributed by atoms with van der Waals surface area (Å²) in [7, 11) is 0. The average molecular weight is 383 g/mol. The molecule has 1 aromatic rings. The lowest BCUT2D eigenvalue weighted by Gasteiger charge is -2.55. The standard InChI is InChI=1S/C22H29N3O3/c1-2-28-19-6-4-3-5-18(19)13-24-25-20(26)14-23-21(27)22-10-15-7-16(11-22)9-17(8-15)12-22/h3-6,13,15-17H,2,7-12,14H2,1H3,(H,23,27)(H,25,26). The Morgan fingerprint density at radius 3 is 2.43 bits per heavy atom. The normalized spacial score (nSPS) is 30.4. The third kappa shape index (κ3) is 3.91. The lowest BCUT2D eigenvalue weighted by molar-refractivity contribution is -0.147. The highest BCUT2D eigenvalue weighted by Crippen LogP contribution is 2.60. The Kier molecular flexibility index (Phi) is 5.38. The van der Waals surface area contributed by atoms with Crippen LogP contribution in [-0.4, -0.2) is 31.2 Å². The first-order chi connectivity index (χ1) is 13.6. The molecule has 2 N–H and O–H groups in total. The fraction of sp³-hybridized carbons (Fsp3) is 0.591. The first-order valence-corrected chi connectivity index (χ1v) is 10.4. The highest BCUT2D eigenvalue weighted by atomic mass is 16.5. The number of amides is 2. The van der Waals surface area contributed by atoms with Crippen molar-refractivity contribution >= 4 is 18.0 Å². The fourth-order valence-corrected chi connectivity index (χ4v) is 5.82. The van der Waals surface area contributed by atoms with E-state index in [0.717, 1.165) is 30.6 Å². The van der Waals surface area contributed by atoms with Gasteiger partial charge in [0.15, 0.2) is 0 Å². The molecule has 4 bridgehead atoms. The highest BCUT2D eigenvalue weighted by Gasteiger charge is 2.54. The van der Waals surface area contributed by atoms with Crippen LogP contribution >= 0.6 is 0 Å². The van der Waals surface area contributed by atoms with E-state index in [1.54, 1.807) is 6.21 Å². The van der Waals surface area contributed by atoms with Gasteiger partial charge in [0.05, 0.1) is 19.4 Å². The van der Waals surface area contributed by atoms with Crippen LogP contribution in [0.2, 0.25) is 0 Å². The molecule has 0 atom stereocenters. The molecule has 150 valence electrons. The molecule has 0 spiro atoms. The maximum atomic E-state index is 12.9. The van der Waals surface area contributed by atoms with Crippen molar-refractivity contribution in [1.29, 1.82) is 0 Å². The van der Waals surface area contributed by atoms with Crippen LogP contribution in [0.3, 0.4) is 0 Å². The molecule has 0 aliphatic heterocycles. The summed E-state index contributed by atoms with van der Waals surface area (Å²) in [5.41, 5.74) is 3.06. The molecule has 0 unspecified atom stereocenters. The number of hydrogen-bond acceptors (Lipinski definition) is 4. The van der Waals surface area contributed by atoms with Gasteiger partial charge in [-0.1, -0.05) is 12.1 Å². The second kappa shape index (κ2) is 7.94. The van der Waals surface area contributed by atoms with Gasteiger partial charge in [0.25, 0.3) is 5.91 Å².